The molecule has 0 unspecified atom stereocenters. The van der Waals surface area contributed by atoms with Crippen LogP contribution in [-0.4, -0.2) is 12.5 Å². The van der Waals surface area contributed by atoms with Crippen molar-refractivity contribution in [2.24, 2.45) is 17.1 Å². The number of hydrogen-bond donors (Lipinski definition) is 1. The Hall–Kier alpha value is -0.180. The lowest BCUT2D eigenvalue weighted by molar-refractivity contribution is -0.0999. The van der Waals surface area contributed by atoms with Gasteiger partial charge in [-0.15, -0.1) is 0 Å². The third-order valence-electron chi connectivity index (χ3n) is 3.82. The highest BCUT2D eigenvalue weighted by Crippen LogP contribution is 2.56. The lowest BCUT2D eigenvalue weighted by atomic mass is 9.55. The van der Waals surface area contributed by atoms with Crippen LogP contribution in [0.2, 0.25) is 0 Å². The fourth-order valence-corrected chi connectivity index (χ4v) is 2.89. The molecule has 2 aliphatic rings. The summed E-state index contributed by atoms with van der Waals surface area (Å²) in [4.78, 5) is 0. The third-order valence-corrected chi connectivity index (χ3v) is 3.82. The topological polar surface area (TPSA) is 26.0 Å². The maximum atomic E-state index is 12.9. The van der Waals surface area contributed by atoms with E-state index in [0.717, 1.165) is 32.2 Å². The number of halogens is 2. The molecule has 0 aromatic carbocycles. The first-order chi connectivity index (χ1) is 6.05. The van der Waals surface area contributed by atoms with E-state index in [1.54, 1.807) is 0 Å². The van der Waals surface area contributed by atoms with E-state index in [1.165, 1.54) is 0 Å². The van der Waals surface area contributed by atoms with E-state index in [9.17, 15) is 8.78 Å². The van der Waals surface area contributed by atoms with Crippen molar-refractivity contribution in [1.82, 2.24) is 0 Å². The van der Waals surface area contributed by atoms with Crippen LogP contribution in [0.5, 0.6) is 0 Å². The van der Waals surface area contributed by atoms with Gasteiger partial charge in [-0.25, -0.2) is 8.78 Å². The second kappa shape index (κ2) is 2.91. The van der Waals surface area contributed by atoms with Gasteiger partial charge in [0.15, 0.2) is 0 Å². The van der Waals surface area contributed by atoms with Crippen LogP contribution in [-0.2, 0) is 0 Å². The molecule has 0 saturated heterocycles. The van der Waals surface area contributed by atoms with E-state index in [-0.39, 0.29) is 18.3 Å². The molecule has 2 fully saturated rings. The molecule has 3 heteroatoms. The second-order valence-electron chi connectivity index (χ2n) is 4.87. The Morgan fingerprint density at radius 2 is 1.62 bits per heavy atom. The van der Waals surface area contributed by atoms with Gasteiger partial charge in [0.1, 0.15) is 0 Å². The standard InChI is InChI=1S/C10H17F2N/c11-10(12)3-1-9(2-4-10)5-8(6-9)7-13/h8H,1-7,13H2. The minimum Gasteiger partial charge on any atom is -0.330 e. The Labute approximate surface area is 77.7 Å². The molecule has 0 bridgehead atoms. The van der Waals surface area contributed by atoms with Gasteiger partial charge in [-0.05, 0) is 43.6 Å². The Morgan fingerprint density at radius 1 is 1.08 bits per heavy atom. The minimum absolute atomic E-state index is 0.101. The lowest BCUT2D eigenvalue weighted by Crippen LogP contribution is -2.45. The molecule has 13 heavy (non-hydrogen) atoms. The summed E-state index contributed by atoms with van der Waals surface area (Å²) in [6.45, 7) is 0.734. The largest absolute Gasteiger partial charge is 0.330 e. The molecule has 0 aliphatic heterocycles. The van der Waals surface area contributed by atoms with Gasteiger partial charge < -0.3 is 5.73 Å². The third kappa shape index (κ3) is 1.71. The molecule has 2 N–H and O–H groups in total. The summed E-state index contributed by atoms with van der Waals surface area (Å²) in [7, 11) is 0. The lowest BCUT2D eigenvalue weighted by Gasteiger charge is -2.51. The monoisotopic (exact) mass is 189 g/mol. The van der Waals surface area contributed by atoms with Crippen LogP contribution in [0, 0.1) is 11.3 Å². The maximum Gasteiger partial charge on any atom is 0.248 e. The molecule has 0 atom stereocenters. The maximum absolute atomic E-state index is 12.9. The predicted octanol–water partition coefficient (Wildman–Crippen LogP) is 2.55. The fraction of sp³-hybridized carbons (Fsp3) is 1.00. The SMILES string of the molecule is NCC1CC2(CCC(F)(F)CC2)C1. The van der Waals surface area contributed by atoms with Gasteiger partial charge in [-0.3, -0.25) is 0 Å². The van der Waals surface area contributed by atoms with Gasteiger partial charge in [0.25, 0.3) is 0 Å². The Morgan fingerprint density at radius 3 is 2.08 bits per heavy atom. The average Bonchev–Trinajstić information content (AvgIpc) is 2.01. The van der Waals surface area contributed by atoms with Crippen LogP contribution in [0.1, 0.15) is 38.5 Å². The van der Waals surface area contributed by atoms with Crippen molar-refractivity contribution in [3.8, 4) is 0 Å². The van der Waals surface area contributed by atoms with E-state index in [4.69, 9.17) is 5.73 Å². The van der Waals surface area contributed by atoms with Crippen LogP contribution >= 0.6 is 0 Å². The molecule has 0 aromatic rings. The highest BCUT2D eigenvalue weighted by Gasteiger charge is 2.49. The average molecular weight is 189 g/mol. The molecule has 1 spiro atoms. The zero-order valence-corrected chi connectivity index (χ0v) is 7.86. The molecule has 0 aromatic heterocycles. The quantitative estimate of drug-likeness (QED) is 0.674. The molecular formula is C10H17F2N. The van der Waals surface area contributed by atoms with Crippen LogP contribution < -0.4 is 5.73 Å². The second-order valence-corrected chi connectivity index (χ2v) is 4.87. The Bertz CT molecular complexity index is 185. The summed E-state index contributed by atoms with van der Waals surface area (Å²) in [6.07, 6.45) is 3.83. The van der Waals surface area contributed by atoms with Crippen molar-refractivity contribution in [3.63, 3.8) is 0 Å². The Kier molecular flexibility index (Phi) is 2.10. The summed E-state index contributed by atoms with van der Waals surface area (Å²) in [6, 6.07) is 0. The highest BCUT2D eigenvalue weighted by molar-refractivity contribution is 4.98. The van der Waals surface area contributed by atoms with Crippen molar-refractivity contribution in [1.29, 1.82) is 0 Å². The van der Waals surface area contributed by atoms with Gasteiger partial charge in [0, 0.05) is 12.8 Å². The number of alkyl halides is 2. The van der Waals surface area contributed by atoms with Gasteiger partial charge in [-0.1, -0.05) is 0 Å². The van der Waals surface area contributed by atoms with Gasteiger partial charge >= 0.3 is 0 Å². The zero-order chi connectivity index (χ0) is 9.53. The van der Waals surface area contributed by atoms with E-state index in [0.29, 0.717) is 5.92 Å². The highest BCUT2D eigenvalue weighted by atomic mass is 19.3. The van der Waals surface area contributed by atoms with Crippen molar-refractivity contribution in [2.75, 3.05) is 6.54 Å². The van der Waals surface area contributed by atoms with E-state index in [2.05, 4.69) is 0 Å². The fourth-order valence-electron chi connectivity index (χ4n) is 2.89. The van der Waals surface area contributed by atoms with E-state index in [1.807, 2.05) is 0 Å². The zero-order valence-electron chi connectivity index (χ0n) is 7.86. The number of rotatable bonds is 1. The molecule has 0 amide bonds. The summed E-state index contributed by atoms with van der Waals surface area (Å²) in [5, 5.41) is 0. The van der Waals surface area contributed by atoms with Crippen LogP contribution in [0.15, 0.2) is 0 Å². The van der Waals surface area contributed by atoms with Crippen molar-refractivity contribution in [2.45, 2.75) is 44.4 Å². The molecule has 76 valence electrons. The van der Waals surface area contributed by atoms with Crippen molar-refractivity contribution in [3.05, 3.63) is 0 Å². The Balaban J connectivity index is 1.86. The van der Waals surface area contributed by atoms with Gasteiger partial charge in [0.2, 0.25) is 5.92 Å². The van der Waals surface area contributed by atoms with Crippen LogP contribution in [0.25, 0.3) is 0 Å². The molecular weight excluding hydrogens is 172 g/mol. The summed E-state index contributed by atoms with van der Waals surface area (Å²) < 4.78 is 25.7. The molecule has 2 saturated carbocycles. The van der Waals surface area contributed by atoms with Crippen molar-refractivity contribution < 1.29 is 8.78 Å². The smallest absolute Gasteiger partial charge is 0.248 e. The molecule has 1 nitrogen and oxygen atoms in total. The van der Waals surface area contributed by atoms with E-state index >= 15 is 0 Å². The summed E-state index contributed by atoms with van der Waals surface area (Å²) in [5.41, 5.74) is 5.80. The van der Waals surface area contributed by atoms with Crippen molar-refractivity contribution >= 4 is 0 Å². The molecule has 0 heterocycles. The van der Waals surface area contributed by atoms with E-state index < -0.39 is 5.92 Å². The van der Waals surface area contributed by atoms with Gasteiger partial charge in [-0.2, -0.15) is 0 Å². The first-order valence-corrected chi connectivity index (χ1v) is 5.13. The normalized spacial score (nSPS) is 31.6. The summed E-state index contributed by atoms with van der Waals surface area (Å²) >= 11 is 0. The number of hydrogen-bond acceptors (Lipinski definition) is 1. The van der Waals surface area contributed by atoms with Gasteiger partial charge in [0.05, 0.1) is 0 Å². The summed E-state index contributed by atoms with van der Waals surface area (Å²) in [5.74, 6) is -1.76. The predicted molar refractivity (Wildman–Crippen MR) is 47.6 cm³/mol. The molecule has 0 radical (unpaired) electrons. The minimum atomic E-state index is -2.38. The van der Waals surface area contributed by atoms with Crippen LogP contribution in [0.4, 0.5) is 8.78 Å². The molecule has 2 rings (SSSR count). The number of nitrogens with two attached hydrogens (primary N) is 1. The van der Waals surface area contributed by atoms with Crippen LogP contribution in [0.3, 0.4) is 0 Å². The molecule has 2 aliphatic carbocycles. The first-order valence-electron chi connectivity index (χ1n) is 5.13. The first kappa shape index (κ1) is 9.38.